The van der Waals surface area contributed by atoms with Gasteiger partial charge in [-0.05, 0) is 25.5 Å². The van der Waals surface area contributed by atoms with Crippen LogP contribution in [-0.2, 0) is 4.79 Å². The number of hydrogen-bond donors (Lipinski definition) is 3. The minimum absolute atomic E-state index is 0. The number of carbonyl (C=O) groups is 1. The van der Waals surface area contributed by atoms with Crippen LogP contribution in [0.1, 0.15) is 33.1 Å². The Morgan fingerprint density at radius 2 is 1.84 bits per heavy atom. The van der Waals surface area contributed by atoms with Gasteiger partial charge in [0.05, 0.1) is 6.61 Å². The number of nitrogens with zero attached hydrogens (tertiary/aromatic N) is 1. The predicted molar refractivity (Wildman–Crippen MR) is 114 cm³/mol. The number of ether oxygens (including phenoxy) is 1. The van der Waals surface area contributed by atoms with Gasteiger partial charge in [-0.2, -0.15) is 0 Å². The summed E-state index contributed by atoms with van der Waals surface area (Å²) in [5, 5.41) is 9.21. The van der Waals surface area contributed by atoms with Crippen LogP contribution in [0.25, 0.3) is 0 Å². The van der Waals surface area contributed by atoms with E-state index in [1.807, 2.05) is 44.2 Å². The van der Waals surface area contributed by atoms with Gasteiger partial charge >= 0.3 is 0 Å². The Bertz CT molecular complexity index is 483. The van der Waals surface area contributed by atoms with Gasteiger partial charge in [0, 0.05) is 39.0 Å². The number of halogens is 1. The molecule has 0 unspecified atom stereocenters. The number of guanidine groups is 1. The van der Waals surface area contributed by atoms with E-state index >= 15 is 0 Å². The van der Waals surface area contributed by atoms with Crippen molar-refractivity contribution in [3.63, 3.8) is 0 Å². The first-order chi connectivity index (χ1) is 11.8. The molecule has 0 saturated heterocycles. The molecular weight excluding hydrogens is 431 g/mol. The zero-order chi connectivity index (χ0) is 17.5. The molecule has 1 amide bonds. The maximum absolute atomic E-state index is 11.5. The molecule has 0 saturated carbocycles. The van der Waals surface area contributed by atoms with Gasteiger partial charge in [-0.15, -0.1) is 24.0 Å². The van der Waals surface area contributed by atoms with Gasteiger partial charge in [-0.25, -0.2) is 0 Å². The van der Waals surface area contributed by atoms with E-state index in [2.05, 4.69) is 20.9 Å². The molecule has 1 rings (SSSR count). The lowest BCUT2D eigenvalue weighted by Gasteiger charge is -2.11. The minimum atomic E-state index is 0. The van der Waals surface area contributed by atoms with Crippen LogP contribution in [0.15, 0.2) is 35.3 Å². The first-order valence-corrected chi connectivity index (χ1v) is 8.73. The predicted octanol–water partition coefficient (Wildman–Crippen LogP) is 2.54. The van der Waals surface area contributed by atoms with E-state index in [9.17, 15) is 4.79 Å². The number of carbonyl (C=O) groups excluding carboxylic acids is 1. The molecule has 0 radical (unpaired) electrons. The van der Waals surface area contributed by atoms with Crippen molar-refractivity contribution in [2.24, 2.45) is 4.99 Å². The number of nitrogens with one attached hydrogen (secondary N) is 3. The second-order valence-corrected chi connectivity index (χ2v) is 5.30. The summed E-state index contributed by atoms with van der Waals surface area (Å²) in [6, 6.07) is 9.76. The molecule has 0 spiro atoms. The minimum Gasteiger partial charge on any atom is -0.494 e. The van der Waals surface area contributed by atoms with Crippen LogP contribution in [0.5, 0.6) is 5.75 Å². The maximum atomic E-state index is 11.5. The highest BCUT2D eigenvalue weighted by Crippen LogP contribution is 2.08. The number of amides is 1. The summed E-state index contributed by atoms with van der Waals surface area (Å²) in [5.41, 5.74) is 0. The Morgan fingerprint density at radius 3 is 2.52 bits per heavy atom. The van der Waals surface area contributed by atoms with Gasteiger partial charge in [0.15, 0.2) is 5.96 Å². The average Bonchev–Trinajstić information content (AvgIpc) is 2.60. The van der Waals surface area contributed by atoms with Gasteiger partial charge in [0.2, 0.25) is 5.91 Å². The highest BCUT2D eigenvalue weighted by Gasteiger charge is 2.01. The summed E-state index contributed by atoms with van der Waals surface area (Å²) < 4.78 is 5.63. The second-order valence-electron chi connectivity index (χ2n) is 5.30. The molecule has 0 heterocycles. The summed E-state index contributed by atoms with van der Waals surface area (Å²) in [5.74, 6) is 1.68. The molecular formula is C18H31IN4O2. The van der Waals surface area contributed by atoms with Crippen molar-refractivity contribution in [1.29, 1.82) is 0 Å². The Labute approximate surface area is 168 Å². The molecule has 0 fully saturated rings. The molecule has 25 heavy (non-hydrogen) atoms. The molecule has 0 aromatic heterocycles. The molecule has 3 N–H and O–H groups in total. The van der Waals surface area contributed by atoms with Gasteiger partial charge < -0.3 is 20.7 Å². The van der Waals surface area contributed by atoms with Crippen LogP contribution in [0.2, 0.25) is 0 Å². The fraction of sp³-hybridized carbons (Fsp3) is 0.556. The van der Waals surface area contributed by atoms with Crippen molar-refractivity contribution >= 4 is 35.8 Å². The molecule has 142 valence electrons. The molecule has 0 atom stereocenters. The standard InChI is InChI=1S/C18H30N4O2.HI/c1-3-12-20-17(23)11-14-22-18(19-4-2)21-13-8-15-24-16-9-6-5-7-10-16;/h5-7,9-10H,3-4,8,11-15H2,1-2H3,(H,20,23)(H2,19,21,22);1H. The van der Waals surface area contributed by atoms with E-state index in [0.717, 1.165) is 37.6 Å². The second kappa shape index (κ2) is 16.0. The zero-order valence-corrected chi connectivity index (χ0v) is 17.5. The lowest BCUT2D eigenvalue weighted by molar-refractivity contribution is -0.120. The van der Waals surface area contributed by atoms with Crippen molar-refractivity contribution in [3.8, 4) is 5.75 Å². The molecule has 7 heteroatoms. The molecule has 1 aromatic rings. The molecule has 6 nitrogen and oxygen atoms in total. The number of rotatable bonds is 11. The Morgan fingerprint density at radius 1 is 1.08 bits per heavy atom. The van der Waals surface area contributed by atoms with Crippen LogP contribution >= 0.6 is 24.0 Å². The maximum Gasteiger partial charge on any atom is 0.221 e. The van der Waals surface area contributed by atoms with E-state index in [1.165, 1.54) is 0 Å². The van der Waals surface area contributed by atoms with E-state index < -0.39 is 0 Å². The number of para-hydroxylation sites is 1. The fourth-order valence-corrected chi connectivity index (χ4v) is 1.95. The van der Waals surface area contributed by atoms with Gasteiger partial charge in [0.25, 0.3) is 0 Å². The molecule has 0 aliphatic heterocycles. The Hall–Kier alpha value is -1.51. The molecule has 0 aliphatic carbocycles. The Balaban J connectivity index is 0.00000576. The summed E-state index contributed by atoms with van der Waals surface area (Å²) >= 11 is 0. The van der Waals surface area contributed by atoms with Crippen LogP contribution in [0.3, 0.4) is 0 Å². The first-order valence-electron chi connectivity index (χ1n) is 8.73. The van der Waals surface area contributed by atoms with Crippen LogP contribution in [0.4, 0.5) is 0 Å². The molecule has 0 bridgehead atoms. The third-order valence-electron chi connectivity index (χ3n) is 3.15. The van der Waals surface area contributed by atoms with E-state index in [4.69, 9.17) is 4.74 Å². The molecule has 1 aromatic carbocycles. The van der Waals surface area contributed by atoms with Crippen molar-refractivity contribution in [2.75, 3.05) is 32.8 Å². The van der Waals surface area contributed by atoms with Crippen LogP contribution in [-0.4, -0.2) is 44.7 Å². The van der Waals surface area contributed by atoms with E-state index in [-0.39, 0.29) is 29.9 Å². The van der Waals surface area contributed by atoms with Crippen molar-refractivity contribution in [1.82, 2.24) is 16.0 Å². The van der Waals surface area contributed by atoms with Crippen molar-refractivity contribution in [2.45, 2.75) is 33.1 Å². The topological polar surface area (TPSA) is 74.8 Å². The number of hydrogen-bond acceptors (Lipinski definition) is 3. The quantitative estimate of drug-likeness (QED) is 0.205. The fourth-order valence-electron chi connectivity index (χ4n) is 1.95. The lowest BCUT2D eigenvalue weighted by atomic mass is 10.3. The zero-order valence-electron chi connectivity index (χ0n) is 15.2. The highest BCUT2D eigenvalue weighted by atomic mass is 127. The number of aliphatic imine (C=N–C) groups is 1. The van der Waals surface area contributed by atoms with Gasteiger partial charge in [-0.3, -0.25) is 9.79 Å². The summed E-state index contributed by atoms with van der Waals surface area (Å²) in [6.45, 7) is 7.45. The largest absolute Gasteiger partial charge is 0.494 e. The summed E-state index contributed by atoms with van der Waals surface area (Å²) in [7, 11) is 0. The van der Waals surface area contributed by atoms with Crippen LogP contribution in [0, 0.1) is 0 Å². The Kier molecular flexibility index (Phi) is 15.0. The van der Waals surface area contributed by atoms with Gasteiger partial charge in [0.1, 0.15) is 5.75 Å². The number of benzene rings is 1. The smallest absolute Gasteiger partial charge is 0.221 e. The lowest BCUT2D eigenvalue weighted by Crippen LogP contribution is -2.39. The summed E-state index contributed by atoms with van der Waals surface area (Å²) in [6.07, 6.45) is 2.23. The summed E-state index contributed by atoms with van der Waals surface area (Å²) in [4.78, 5) is 16.0. The average molecular weight is 462 g/mol. The van der Waals surface area contributed by atoms with Gasteiger partial charge in [-0.1, -0.05) is 25.1 Å². The monoisotopic (exact) mass is 462 g/mol. The SMILES string of the molecule is CCCNC(=O)CCNC(=NCCCOc1ccccc1)NCC.I. The van der Waals surface area contributed by atoms with E-state index in [1.54, 1.807) is 0 Å². The third-order valence-corrected chi connectivity index (χ3v) is 3.15. The highest BCUT2D eigenvalue weighted by molar-refractivity contribution is 14.0. The van der Waals surface area contributed by atoms with E-state index in [0.29, 0.717) is 26.1 Å². The molecule has 0 aliphatic rings. The normalized spacial score (nSPS) is 10.6. The van der Waals surface area contributed by atoms with Crippen molar-refractivity contribution < 1.29 is 9.53 Å². The third kappa shape index (κ3) is 12.5. The van der Waals surface area contributed by atoms with Crippen molar-refractivity contribution in [3.05, 3.63) is 30.3 Å². The van der Waals surface area contributed by atoms with Crippen LogP contribution < -0.4 is 20.7 Å². The first kappa shape index (κ1) is 23.5.